The average molecular weight is 350 g/mol. The molecule has 0 bridgehead atoms. The molecule has 3 rings (SSSR count). The van der Waals surface area contributed by atoms with Crippen LogP contribution in [0, 0.1) is 0 Å². The summed E-state index contributed by atoms with van der Waals surface area (Å²) in [6, 6.07) is 7.81. The largest absolute Gasteiger partial charge is 0.459 e. The lowest BCUT2D eigenvalue weighted by Crippen LogP contribution is -2.41. The maximum atomic E-state index is 11.8. The zero-order chi connectivity index (χ0) is 17.1. The van der Waals surface area contributed by atoms with Crippen molar-refractivity contribution in [2.75, 3.05) is 0 Å². The van der Waals surface area contributed by atoms with Gasteiger partial charge in [-0.3, -0.25) is 25.0 Å². The first kappa shape index (κ1) is 15.9. The van der Waals surface area contributed by atoms with Crippen LogP contribution in [-0.4, -0.2) is 16.4 Å². The van der Waals surface area contributed by atoms with Crippen molar-refractivity contribution >= 4 is 34.5 Å². The first-order chi connectivity index (χ1) is 11.5. The SMILES string of the molecule is O=C(CCn1c(=O)oc2cc(Cl)ccc21)NNC(=O)c1ccco1. The molecule has 0 aliphatic rings. The molecule has 0 aliphatic carbocycles. The third-order valence-corrected chi connectivity index (χ3v) is 3.49. The standard InChI is InChI=1S/C15H12ClN3O5/c16-9-3-4-10-12(8-9)24-15(22)19(10)6-5-13(20)17-18-14(21)11-2-1-7-23-11/h1-4,7-8H,5-6H2,(H,17,20)(H,18,21). The summed E-state index contributed by atoms with van der Waals surface area (Å²) in [6.07, 6.45) is 1.31. The van der Waals surface area contributed by atoms with Crippen LogP contribution < -0.4 is 16.6 Å². The second-order valence-corrected chi connectivity index (χ2v) is 5.30. The lowest BCUT2D eigenvalue weighted by Gasteiger charge is -2.06. The number of hydrogen-bond donors (Lipinski definition) is 2. The number of aromatic nitrogens is 1. The summed E-state index contributed by atoms with van der Waals surface area (Å²) in [6.45, 7) is 0.0932. The smallest absolute Gasteiger partial charge is 0.419 e. The highest BCUT2D eigenvalue weighted by Gasteiger charge is 2.13. The highest BCUT2D eigenvalue weighted by molar-refractivity contribution is 6.31. The molecule has 8 nitrogen and oxygen atoms in total. The molecule has 0 radical (unpaired) electrons. The van der Waals surface area contributed by atoms with Crippen molar-refractivity contribution in [2.24, 2.45) is 0 Å². The van der Waals surface area contributed by atoms with Gasteiger partial charge >= 0.3 is 11.7 Å². The van der Waals surface area contributed by atoms with E-state index in [1.54, 1.807) is 18.2 Å². The van der Waals surface area contributed by atoms with E-state index in [9.17, 15) is 14.4 Å². The Morgan fingerprint density at radius 2 is 2.04 bits per heavy atom. The maximum absolute atomic E-state index is 11.8. The van der Waals surface area contributed by atoms with Crippen LogP contribution in [0.2, 0.25) is 5.02 Å². The number of fused-ring (bicyclic) bond motifs is 1. The number of nitrogens with zero attached hydrogens (tertiary/aromatic N) is 1. The number of benzene rings is 1. The van der Waals surface area contributed by atoms with E-state index in [2.05, 4.69) is 10.9 Å². The van der Waals surface area contributed by atoms with Crippen LogP contribution in [0.1, 0.15) is 17.0 Å². The maximum Gasteiger partial charge on any atom is 0.419 e. The van der Waals surface area contributed by atoms with Gasteiger partial charge < -0.3 is 8.83 Å². The summed E-state index contributed by atoms with van der Waals surface area (Å²) in [7, 11) is 0. The highest BCUT2D eigenvalue weighted by Crippen LogP contribution is 2.18. The normalized spacial score (nSPS) is 10.7. The molecule has 0 fully saturated rings. The van der Waals surface area contributed by atoms with Gasteiger partial charge in [0.1, 0.15) is 0 Å². The second-order valence-electron chi connectivity index (χ2n) is 4.86. The Hall–Kier alpha value is -3.00. The summed E-state index contributed by atoms with van der Waals surface area (Å²) in [5, 5.41) is 0.446. The molecule has 2 heterocycles. The van der Waals surface area contributed by atoms with Gasteiger partial charge in [-0.2, -0.15) is 0 Å². The zero-order valence-corrected chi connectivity index (χ0v) is 13.0. The van der Waals surface area contributed by atoms with Crippen LogP contribution in [0.25, 0.3) is 11.1 Å². The van der Waals surface area contributed by atoms with Crippen molar-refractivity contribution in [3.8, 4) is 0 Å². The van der Waals surface area contributed by atoms with Gasteiger partial charge in [0.15, 0.2) is 11.3 Å². The number of furan rings is 1. The van der Waals surface area contributed by atoms with Gasteiger partial charge in [0.05, 0.1) is 11.8 Å². The van der Waals surface area contributed by atoms with Gasteiger partial charge in [-0.05, 0) is 24.3 Å². The van der Waals surface area contributed by atoms with E-state index in [4.69, 9.17) is 20.4 Å². The van der Waals surface area contributed by atoms with Gasteiger partial charge in [-0.1, -0.05) is 11.6 Å². The van der Waals surface area contributed by atoms with Crippen LogP contribution in [0.4, 0.5) is 0 Å². The molecule has 2 aromatic heterocycles. The van der Waals surface area contributed by atoms with E-state index in [1.807, 2.05) is 0 Å². The molecule has 0 saturated carbocycles. The van der Waals surface area contributed by atoms with Gasteiger partial charge in [0, 0.05) is 24.1 Å². The van der Waals surface area contributed by atoms with E-state index >= 15 is 0 Å². The fourth-order valence-corrected chi connectivity index (χ4v) is 2.29. The van der Waals surface area contributed by atoms with Gasteiger partial charge in [0.2, 0.25) is 5.91 Å². The number of oxazole rings is 1. The van der Waals surface area contributed by atoms with Crippen molar-refractivity contribution in [3.05, 3.63) is 57.9 Å². The van der Waals surface area contributed by atoms with Crippen LogP contribution in [0.15, 0.2) is 50.2 Å². The van der Waals surface area contributed by atoms with Gasteiger partial charge in [-0.25, -0.2) is 4.79 Å². The number of aryl methyl sites for hydroxylation is 1. The Morgan fingerprint density at radius 1 is 1.21 bits per heavy atom. The molecule has 1 aromatic carbocycles. The quantitative estimate of drug-likeness (QED) is 0.697. The molecule has 0 unspecified atom stereocenters. The van der Waals surface area contributed by atoms with Crippen LogP contribution in [0.5, 0.6) is 0 Å². The Morgan fingerprint density at radius 3 is 2.79 bits per heavy atom. The van der Waals surface area contributed by atoms with E-state index in [1.165, 1.54) is 23.0 Å². The first-order valence-corrected chi connectivity index (χ1v) is 7.34. The van der Waals surface area contributed by atoms with Crippen molar-refractivity contribution in [3.63, 3.8) is 0 Å². The number of hydrogen-bond acceptors (Lipinski definition) is 5. The van der Waals surface area contributed by atoms with Crippen molar-refractivity contribution in [1.82, 2.24) is 15.4 Å². The molecule has 24 heavy (non-hydrogen) atoms. The van der Waals surface area contributed by atoms with E-state index in [-0.39, 0.29) is 18.7 Å². The summed E-state index contributed by atoms with van der Waals surface area (Å²) in [4.78, 5) is 35.2. The molecule has 2 amide bonds. The Balaban J connectivity index is 1.59. The highest BCUT2D eigenvalue weighted by atomic mass is 35.5. The molecular weight excluding hydrogens is 338 g/mol. The van der Waals surface area contributed by atoms with Crippen LogP contribution in [0.3, 0.4) is 0 Å². The third kappa shape index (κ3) is 3.33. The Labute approximate surface area is 140 Å². The average Bonchev–Trinajstić information content (AvgIpc) is 3.18. The van der Waals surface area contributed by atoms with Crippen LogP contribution >= 0.6 is 11.6 Å². The molecule has 124 valence electrons. The Bertz CT molecular complexity index is 942. The number of carbonyl (C=O) groups is 2. The lowest BCUT2D eigenvalue weighted by molar-refractivity contribution is -0.122. The minimum atomic E-state index is -0.584. The zero-order valence-electron chi connectivity index (χ0n) is 12.2. The first-order valence-electron chi connectivity index (χ1n) is 6.96. The summed E-state index contributed by atoms with van der Waals surface area (Å²) in [5.74, 6) is -1.55. The number of amides is 2. The summed E-state index contributed by atoms with van der Waals surface area (Å²) >= 11 is 5.84. The number of rotatable bonds is 4. The lowest BCUT2D eigenvalue weighted by atomic mass is 10.3. The summed E-state index contributed by atoms with van der Waals surface area (Å²) < 4.78 is 11.3. The van der Waals surface area contributed by atoms with Crippen molar-refractivity contribution in [1.29, 1.82) is 0 Å². The molecular formula is C15H12ClN3O5. The summed E-state index contributed by atoms with van der Waals surface area (Å²) in [5.41, 5.74) is 5.34. The van der Waals surface area contributed by atoms with Crippen LogP contribution in [-0.2, 0) is 11.3 Å². The minimum Gasteiger partial charge on any atom is -0.459 e. The minimum absolute atomic E-state index is 0.0321. The molecule has 0 spiro atoms. The van der Waals surface area contributed by atoms with E-state index in [0.29, 0.717) is 16.1 Å². The van der Waals surface area contributed by atoms with E-state index in [0.717, 1.165) is 0 Å². The molecule has 0 atom stereocenters. The van der Waals surface area contributed by atoms with Gasteiger partial charge in [0.25, 0.3) is 0 Å². The monoisotopic (exact) mass is 349 g/mol. The van der Waals surface area contributed by atoms with E-state index < -0.39 is 17.6 Å². The molecule has 9 heteroatoms. The molecule has 0 saturated heterocycles. The molecule has 0 aliphatic heterocycles. The fourth-order valence-electron chi connectivity index (χ4n) is 2.12. The molecule has 2 N–H and O–H groups in total. The predicted molar refractivity (Wildman–Crippen MR) is 84.4 cm³/mol. The topological polar surface area (TPSA) is 106 Å². The number of halogens is 1. The molecule has 3 aromatic rings. The number of hydrazine groups is 1. The second kappa shape index (κ2) is 6.63. The predicted octanol–water partition coefficient (Wildman–Crippen LogP) is 1.69. The fraction of sp³-hybridized carbons (Fsp3) is 0.133. The third-order valence-electron chi connectivity index (χ3n) is 3.25. The Kier molecular flexibility index (Phi) is 4.39. The van der Waals surface area contributed by atoms with Crippen molar-refractivity contribution in [2.45, 2.75) is 13.0 Å². The number of nitrogens with one attached hydrogen (secondary N) is 2. The number of carbonyl (C=O) groups excluding carboxylic acids is 2. The van der Waals surface area contributed by atoms with Gasteiger partial charge in [-0.15, -0.1) is 0 Å². The van der Waals surface area contributed by atoms with Crippen molar-refractivity contribution < 1.29 is 18.4 Å².